The second-order valence-corrected chi connectivity index (χ2v) is 5.39. The maximum atomic E-state index is 12.3. The first-order valence-electron chi connectivity index (χ1n) is 7.25. The van der Waals surface area contributed by atoms with Crippen molar-refractivity contribution in [2.24, 2.45) is 0 Å². The third-order valence-electron chi connectivity index (χ3n) is 3.38. The van der Waals surface area contributed by atoms with E-state index in [-0.39, 0.29) is 11.8 Å². The van der Waals surface area contributed by atoms with Gasteiger partial charge in [-0.05, 0) is 31.0 Å². The van der Waals surface area contributed by atoms with Crippen molar-refractivity contribution >= 4 is 11.6 Å². The Morgan fingerprint density at radius 2 is 1.90 bits per heavy atom. The molecule has 21 heavy (non-hydrogen) atoms. The lowest BCUT2D eigenvalue weighted by atomic mass is 10.1. The molecule has 4 nitrogen and oxygen atoms in total. The third kappa shape index (κ3) is 3.66. The van der Waals surface area contributed by atoms with Gasteiger partial charge in [0.25, 0.3) is 5.91 Å². The van der Waals surface area contributed by atoms with E-state index >= 15 is 0 Å². The zero-order valence-electron chi connectivity index (χ0n) is 13.0. The first kappa shape index (κ1) is 15.2. The van der Waals surface area contributed by atoms with Crippen LogP contribution in [-0.2, 0) is 6.42 Å². The van der Waals surface area contributed by atoms with Crippen LogP contribution in [0.15, 0.2) is 30.5 Å². The van der Waals surface area contributed by atoms with E-state index in [0.29, 0.717) is 11.3 Å². The number of carbonyl (C=O) groups excluding carboxylic acids is 1. The molecule has 110 valence electrons. The van der Waals surface area contributed by atoms with Crippen LogP contribution in [0.25, 0.3) is 0 Å². The highest BCUT2D eigenvalue weighted by atomic mass is 16.1. The predicted molar refractivity (Wildman–Crippen MR) is 84.6 cm³/mol. The summed E-state index contributed by atoms with van der Waals surface area (Å²) < 4.78 is 0. The summed E-state index contributed by atoms with van der Waals surface area (Å²) in [5, 5.41) is 2.88. The SMILES string of the molecule is CCc1ccc(NC(=O)c2cnc(C(C)C)nc2C)cc1. The zero-order valence-corrected chi connectivity index (χ0v) is 13.0. The molecule has 2 aromatic rings. The molecule has 0 aliphatic heterocycles. The van der Waals surface area contributed by atoms with Crippen LogP contribution in [0.1, 0.15) is 54.1 Å². The fraction of sp³-hybridized carbons (Fsp3) is 0.353. The van der Waals surface area contributed by atoms with Crippen LogP contribution in [0, 0.1) is 6.92 Å². The van der Waals surface area contributed by atoms with Gasteiger partial charge in [0, 0.05) is 17.8 Å². The van der Waals surface area contributed by atoms with Crippen LogP contribution in [0.2, 0.25) is 0 Å². The number of aryl methyl sites for hydroxylation is 2. The fourth-order valence-corrected chi connectivity index (χ4v) is 2.01. The minimum absolute atomic E-state index is 0.174. The van der Waals surface area contributed by atoms with Gasteiger partial charge in [0.2, 0.25) is 0 Å². The monoisotopic (exact) mass is 283 g/mol. The van der Waals surface area contributed by atoms with Crippen LogP contribution in [0.4, 0.5) is 5.69 Å². The lowest BCUT2D eigenvalue weighted by Crippen LogP contribution is -2.15. The molecule has 0 aliphatic rings. The molecular formula is C17H21N3O. The molecule has 4 heteroatoms. The van der Waals surface area contributed by atoms with Crippen molar-refractivity contribution < 1.29 is 4.79 Å². The number of benzene rings is 1. The second-order valence-electron chi connectivity index (χ2n) is 5.39. The smallest absolute Gasteiger partial charge is 0.259 e. The van der Waals surface area contributed by atoms with Crippen molar-refractivity contribution in [2.75, 3.05) is 5.32 Å². The summed E-state index contributed by atoms with van der Waals surface area (Å²) in [6.07, 6.45) is 2.59. The molecule has 0 bridgehead atoms. The topological polar surface area (TPSA) is 54.9 Å². The summed E-state index contributed by atoms with van der Waals surface area (Å²) in [6, 6.07) is 7.85. The largest absolute Gasteiger partial charge is 0.322 e. The Balaban J connectivity index is 2.16. The van der Waals surface area contributed by atoms with E-state index in [0.717, 1.165) is 17.9 Å². The highest BCUT2D eigenvalue weighted by molar-refractivity contribution is 6.04. The van der Waals surface area contributed by atoms with E-state index < -0.39 is 0 Å². The molecule has 2 rings (SSSR count). The number of carbonyl (C=O) groups is 1. The lowest BCUT2D eigenvalue weighted by molar-refractivity contribution is 0.102. The molecule has 0 radical (unpaired) electrons. The van der Waals surface area contributed by atoms with Crippen molar-refractivity contribution in [2.45, 2.75) is 40.0 Å². The molecule has 1 aromatic heterocycles. The fourth-order valence-electron chi connectivity index (χ4n) is 2.01. The molecule has 0 fully saturated rings. The summed E-state index contributed by atoms with van der Waals surface area (Å²) in [5.41, 5.74) is 3.24. The molecule has 0 spiro atoms. The van der Waals surface area contributed by atoms with Gasteiger partial charge in [-0.2, -0.15) is 0 Å². The minimum Gasteiger partial charge on any atom is -0.322 e. The van der Waals surface area contributed by atoms with Gasteiger partial charge in [-0.15, -0.1) is 0 Å². The maximum Gasteiger partial charge on any atom is 0.259 e. The van der Waals surface area contributed by atoms with E-state index in [2.05, 4.69) is 22.2 Å². The standard InChI is InChI=1S/C17H21N3O/c1-5-13-6-8-14(9-7-13)20-17(21)15-10-18-16(11(2)3)19-12(15)4/h6-11H,5H2,1-4H3,(H,20,21). The van der Waals surface area contributed by atoms with E-state index in [1.165, 1.54) is 5.56 Å². The van der Waals surface area contributed by atoms with Gasteiger partial charge in [-0.3, -0.25) is 4.79 Å². The zero-order chi connectivity index (χ0) is 15.4. The number of nitrogens with one attached hydrogen (secondary N) is 1. The van der Waals surface area contributed by atoms with Gasteiger partial charge in [0.05, 0.1) is 11.3 Å². The number of anilines is 1. The third-order valence-corrected chi connectivity index (χ3v) is 3.38. The first-order valence-corrected chi connectivity index (χ1v) is 7.25. The van der Waals surface area contributed by atoms with E-state index in [4.69, 9.17) is 0 Å². The summed E-state index contributed by atoms with van der Waals surface area (Å²) in [6.45, 7) is 8.00. The Bertz CT molecular complexity index is 633. The summed E-state index contributed by atoms with van der Waals surface area (Å²) in [4.78, 5) is 20.9. The molecule has 1 heterocycles. The summed E-state index contributed by atoms with van der Waals surface area (Å²) in [7, 11) is 0. The number of hydrogen-bond donors (Lipinski definition) is 1. The molecule has 1 aromatic carbocycles. The van der Waals surface area contributed by atoms with E-state index in [9.17, 15) is 4.79 Å². The van der Waals surface area contributed by atoms with Gasteiger partial charge in [-0.25, -0.2) is 9.97 Å². The summed E-state index contributed by atoms with van der Waals surface area (Å²) >= 11 is 0. The Kier molecular flexibility index (Phi) is 4.68. The van der Waals surface area contributed by atoms with Crippen molar-refractivity contribution in [3.05, 3.63) is 53.1 Å². The van der Waals surface area contributed by atoms with Crippen molar-refractivity contribution in [3.63, 3.8) is 0 Å². The molecule has 0 atom stereocenters. The summed E-state index contributed by atoms with van der Waals surface area (Å²) in [5.74, 6) is 0.839. The molecule has 0 aliphatic carbocycles. The molecule has 1 N–H and O–H groups in total. The second kappa shape index (κ2) is 6.48. The van der Waals surface area contributed by atoms with Crippen molar-refractivity contribution in [1.29, 1.82) is 0 Å². The Hall–Kier alpha value is -2.23. The van der Waals surface area contributed by atoms with Crippen molar-refractivity contribution in [3.8, 4) is 0 Å². The highest BCUT2D eigenvalue weighted by Gasteiger charge is 2.13. The molecule has 0 unspecified atom stereocenters. The normalized spacial score (nSPS) is 10.7. The van der Waals surface area contributed by atoms with Crippen LogP contribution in [-0.4, -0.2) is 15.9 Å². The van der Waals surface area contributed by atoms with Gasteiger partial charge < -0.3 is 5.32 Å². The van der Waals surface area contributed by atoms with Gasteiger partial charge in [0.1, 0.15) is 5.82 Å². The van der Waals surface area contributed by atoms with Gasteiger partial charge >= 0.3 is 0 Å². The van der Waals surface area contributed by atoms with Crippen LogP contribution in [0.5, 0.6) is 0 Å². The predicted octanol–water partition coefficient (Wildman–Crippen LogP) is 3.72. The molecule has 0 saturated heterocycles. The quantitative estimate of drug-likeness (QED) is 0.930. The minimum atomic E-state index is -0.174. The molecule has 1 amide bonds. The number of nitrogens with zero attached hydrogens (tertiary/aromatic N) is 2. The molecular weight excluding hydrogens is 262 g/mol. The number of hydrogen-bond acceptors (Lipinski definition) is 3. The Labute approximate surface area is 125 Å². The van der Waals surface area contributed by atoms with Crippen LogP contribution < -0.4 is 5.32 Å². The Morgan fingerprint density at radius 3 is 2.43 bits per heavy atom. The van der Waals surface area contributed by atoms with Gasteiger partial charge in [0.15, 0.2) is 0 Å². The highest BCUT2D eigenvalue weighted by Crippen LogP contribution is 2.15. The van der Waals surface area contributed by atoms with E-state index in [1.54, 1.807) is 6.20 Å². The maximum absolute atomic E-state index is 12.3. The first-order chi connectivity index (χ1) is 10.0. The van der Waals surface area contributed by atoms with Crippen LogP contribution >= 0.6 is 0 Å². The number of aromatic nitrogens is 2. The van der Waals surface area contributed by atoms with E-state index in [1.807, 2.05) is 45.0 Å². The molecule has 0 saturated carbocycles. The number of rotatable bonds is 4. The average Bonchev–Trinajstić information content (AvgIpc) is 2.47. The van der Waals surface area contributed by atoms with Crippen LogP contribution in [0.3, 0.4) is 0 Å². The average molecular weight is 283 g/mol. The lowest BCUT2D eigenvalue weighted by Gasteiger charge is -2.10. The number of amides is 1. The van der Waals surface area contributed by atoms with Gasteiger partial charge in [-0.1, -0.05) is 32.9 Å². The van der Waals surface area contributed by atoms with Crippen molar-refractivity contribution in [1.82, 2.24) is 9.97 Å². The Morgan fingerprint density at radius 1 is 1.24 bits per heavy atom.